The second-order valence-electron chi connectivity index (χ2n) is 4.40. The Morgan fingerprint density at radius 2 is 2.00 bits per heavy atom. The van der Waals surface area contributed by atoms with Gasteiger partial charge in [-0.15, -0.1) is 0 Å². The molecule has 1 aromatic carbocycles. The smallest absolute Gasteiger partial charge is 0.242 e. The molecular formula is C13H17N3O2. The Morgan fingerprint density at radius 1 is 1.33 bits per heavy atom. The third-order valence-electron chi connectivity index (χ3n) is 3.04. The Labute approximate surface area is 106 Å². The number of rotatable bonds is 4. The summed E-state index contributed by atoms with van der Waals surface area (Å²) in [5.74, 6) is -0.175. The molecule has 1 aliphatic heterocycles. The van der Waals surface area contributed by atoms with E-state index in [0.717, 1.165) is 11.1 Å². The zero-order valence-electron chi connectivity index (χ0n) is 10.1. The van der Waals surface area contributed by atoms with Gasteiger partial charge in [-0.05, 0) is 17.5 Å². The molecule has 0 radical (unpaired) electrons. The van der Waals surface area contributed by atoms with Crippen molar-refractivity contribution in [3.05, 3.63) is 35.4 Å². The maximum absolute atomic E-state index is 11.7. The summed E-state index contributed by atoms with van der Waals surface area (Å²) in [6.45, 7) is 0.983. The largest absolute Gasteiger partial charge is 0.350 e. The van der Waals surface area contributed by atoms with Crippen LogP contribution in [0.25, 0.3) is 0 Å². The lowest BCUT2D eigenvalue weighted by Crippen LogP contribution is -2.41. The summed E-state index contributed by atoms with van der Waals surface area (Å²) in [5.41, 5.74) is 7.59. The average Bonchev–Trinajstić information content (AvgIpc) is 2.83. The molecule has 4 N–H and O–H groups in total. The number of nitrogens with two attached hydrogens (primary N) is 1. The van der Waals surface area contributed by atoms with Gasteiger partial charge in [0.05, 0.1) is 0 Å². The second kappa shape index (κ2) is 5.64. The van der Waals surface area contributed by atoms with E-state index in [2.05, 4.69) is 10.6 Å². The Kier molecular flexibility index (Phi) is 3.94. The minimum atomic E-state index is -0.374. The van der Waals surface area contributed by atoms with Crippen LogP contribution < -0.4 is 16.4 Å². The van der Waals surface area contributed by atoms with Crippen LogP contribution in [0.15, 0.2) is 24.3 Å². The molecule has 2 amide bonds. The van der Waals surface area contributed by atoms with Gasteiger partial charge in [-0.25, -0.2) is 0 Å². The first kappa shape index (κ1) is 12.6. The molecule has 2 rings (SSSR count). The van der Waals surface area contributed by atoms with Crippen molar-refractivity contribution in [3.63, 3.8) is 0 Å². The van der Waals surface area contributed by atoms with E-state index in [1.165, 1.54) is 0 Å². The molecule has 1 atom stereocenters. The molecule has 0 bridgehead atoms. The van der Waals surface area contributed by atoms with Crippen LogP contribution in [0.5, 0.6) is 0 Å². The molecule has 0 saturated carbocycles. The standard InChI is InChI=1S/C13H17N3O2/c14-7-9-1-3-10(4-2-9)8-15-13(18)11-5-6-12(17)16-11/h1-4,11H,5-8,14H2,(H,15,18)(H,16,17). The molecule has 0 spiro atoms. The highest BCUT2D eigenvalue weighted by atomic mass is 16.2. The number of hydrogen-bond acceptors (Lipinski definition) is 3. The van der Waals surface area contributed by atoms with Gasteiger partial charge in [-0.1, -0.05) is 24.3 Å². The molecular weight excluding hydrogens is 230 g/mol. The van der Waals surface area contributed by atoms with Crippen molar-refractivity contribution in [1.29, 1.82) is 0 Å². The maximum Gasteiger partial charge on any atom is 0.242 e. The third-order valence-corrected chi connectivity index (χ3v) is 3.04. The van der Waals surface area contributed by atoms with E-state index < -0.39 is 0 Å². The molecule has 1 saturated heterocycles. The summed E-state index contributed by atoms with van der Waals surface area (Å²) in [6, 6.07) is 7.39. The average molecular weight is 247 g/mol. The fourth-order valence-electron chi connectivity index (χ4n) is 1.92. The lowest BCUT2D eigenvalue weighted by Gasteiger charge is -2.11. The minimum absolute atomic E-state index is 0.0533. The molecule has 1 heterocycles. The highest BCUT2D eigenvalue weighted by Crippen LogP contribution is 2.07. The van der Waals surface area contributed by atoms with E-state index in [9.17, 15) is 9.59 Å². The van der Waals surface area contributed by atoms with Crippen LogP contribution in [0.1, 0.15) is 24.0 Å². The number of carbonyl (C=O) groups excluding carboxylic acids is 2. The molecule has 0 aliphatic carbocycles. The van der Waals surface area contributed by atoms with Crippen LogP contribution >= 0.6 is 0 Å². The molecule has 1 aliphatic rings. The van der Waals surface area contributed by atoms with Gasteiger partial charge in [0.25, 0.3) is 0 Å². The van der Waals surface area contributed by atoms with E-state index >= 15 is 0 Å². The Morgan fingerprint density at radius 3 is 2.56 bits per heavy atom. The van der Waals surface area contributed by atoms with Crippen molar-refractivity contribution in [2.75, 3.05) is 0 Å². The number of benzene rings is 1. The number of nitrogens with one attached hydrogen (secondary N) is 2. The summed E-state index contributed by atoms with van der Waals surface area (Å²) >= 11 is 0. The van der Waals surface area contributed by atoms with Crippen molar-refractivity contribution in [2.24, 2.45) is 5.73 Å². The molecule has 18 heavy (non-hydrogen) atoms. The van der Waals surface area contributed by atoms with Crippen molar-refractivity contribution in [1.82, 2.24) is 10.6 Å². The normalized spacial score (nSPS) is 18.5. The highest BCUT2D eigenvalue weighted by Gasteiger charge is 2.26. The molecule has 1 unspecified atom stereocenters. The van der Waals surface area contributed by atoms with Gasteiger partial charge >= 0.3 is 0 Å². The monoisotopic (exact) mass is 247 g/mol. The van der Waals surface area contributed by atoms with Crippen LogP contribution in [0.4, 0.5) is 0 Å². The zero-order chi connectivity index (χ0) is 13.0. The molecule has 0 aromatic heterocycles. The van der Waals surface area contributed by atoms with E-state index in [1.807, 2.05) is 24.3 Å². The predicted octanol–water partition coefficient (Wildman–Crippen LogP) is 0.0401. The Bertz CT molecular complexity index is 442. The number of carbonyl (C=O) groups is 2. The van der Waals surface area contributed by atoms with Gasteiger partial charge in [0.2, 0.25) is 11.8 Å². The molecule has 5 nitrogen and oxygen atoms in total. The molecule has 1 aromatic rings. The maximum atomic E-state index is 11.7. The predicted molar refractivity (Wildman–Crippen MR) is 67.3 cm³/mol. The summed E-state index contributed by atoms with van der Waals surface area (Å²) < 4.78 is 0. The molecule has 1 fully saturated rings. The number of hydrogen-bond donors (Lipinski definition) is 3. The van der Waals surface area contributed by atoms with Crippen LogP contribution in [-0.2, 0) is 22.7 Å². The second-order valence-corrected chi connectivity index (χ2v) is 4.40. The van der Waals surface area contributed by atoms with E-state index in [0.29, 0.717) is 25.9 Å². The van der Waals surface area contributed by atoms with Crippen molar-refractivity contribution in [2.45, 2.75) is 32.0 Å². The first-order chi connectivity index (χ1) is 8.69. The highest BCUT2D eigenvalue weighted by molar-refractivity contribution is 5.90. The van der Waals surface area contributed by atoms with Crippen molar-refractivity contribution in [3.8, 4) is 0 Å². The lowest BCUT2D eigenvalue weighted by molar-refractivity contribution is -0.125. The zero-order valence-corrected chi connectivity index (χ0v) is 10.1. The van der Waals surface area contributed by atoms with Gasteiger partial charge in [-0.3, -0.25) is 9.59 Å². The molecule has 96 valence electrons. The SMILES string of the molecule is NCc1ccc(CNC(=O)C2CCC(=O)N2)cc1. The lowest BCUT2D eigenvalue weighted by atomic mass is 10.1. The van der Waals surface area contributed by atoms with Crippen LogP contribution in [-0.4, -0.2) is 17.9 Å². The summed E-state index contributed by atoms with van der Waals surface area (Å²) in [4.78, 5) is 22.7. The summed E-state index contributed by atoms with van der Waals surface area (Å²) in [6.07, 6.45) is 1.01. The third kappa shape index (κ3) is 3.07. The van der Waals surface area contributed by atoms with E-state index in [-0.39, 0.29) is 17.9 Å². The van der Waals surface area contributed by atoms with Gasteiger partial charge in [0.1, 0.15) is 6.04 Å². The van der Waals surface area contributed by atoms with Crippen LogP contribution in [0.3, 0.4) is 0 Å². The van der Waals surface area contributed by atoms with E-state index in [4.69, 9.17) is 5.73 Å². The van der Waals surface area contributed by atoms with Crippen LogP contribution in [0.2, 0.25) is 0 Å². The first-order valence-electron chi connectivity index (χ1n) is 6.04. The summed E-state index contributed by atoms with van der Waals surface area (Å²) in [5, 5.41) is 5.45. The van der Waals surface area contributed by atoms with Crippen LogP contribution in [0, 0.1) is 0 Å². The van der Waals surface area contributed by atoms with E-state index in [1.54, 1.807) is 0 Å². The Balaban J connectivity index is 1.83. The molecule has 5 heteroatoms. The first-order valence-corrected chi connectivity index (χ1v) is 6.04. The van der Waals surface area contributed by atoms with Gasteiger partial charge in [0.15, 0.2) is 0 Å². The topological polar surface area (TPSA) is 84.2 Å². The Hall–Kier alpha value is -1.88. The fraction of sp³-hybridized carbons (Fsp3) is 0.385. The van der Waals surface area contributed by atoms with Gasteiger partial charge < -0.3 is 16.4 Å². The van der Waals surface area contributed by atoms with Crippen molar-refractivity contribution >= 4 is 11.8 Å². The quantitative estimate of drug-likeness (QED) is 0.702. The minimum Gasteiger partial charge on any atom is -0.350 e. The fourth-order valence-corrected chi connectivity index (χ4v) is 1.92. The van der Waals surface area contributed by atoms with Crippen molar-refractivity contribution < 1.29 is 9.59 Å². The van der Waals surface area contributed by atoms with Gasteiger partial charge in [0, 0.05) is 19.5 Å². The number of amides is 2. The van der Waals surface area contributed by atoms with Gasteiger partial charge in [-0.2, -0.15) is 0 Å². The summed E-state index contributed by atoms with van der Waals surface area (Å²) in [7, 11) is 0.